The predicted octanol–water partition coefficient (Wildman–Crippen LogP) is 3.79. The van der Waals surface area contributed by atoms with Crippen LogP contribution in [0.15, 0.2) is 29.5 Å². The van der Waals surface area contributed by atoms with Crippen molar-refractivity contribution in [3.8, 4) is 5.75 Å². The topological polar surface area (TPSA) is 96.7 Å². The van der Waals surface area contributed by atoms with Crippen molar-refractivity contribution in [2.24, 2.45) is 0 Å². The molecule has 0 aromatic heterocycles. The van der Waals surface area contributed by atoms with Crippen LogP contribution in [0.25, 0.3) is 0 Å². The fraction of sp³-hybridized carbons (Fsp3) is 0.389. The molecule has 0 radical (unpaired) electrons. The number of esters is 1. The summed E-state index contributed by atoms with van der Waals surface area (Å²) < 4.78 is 10.5. The number of hydrogen-bond acceptors (Lipinski definition) is 6. The molecule has 0 unspecified atom stereocenters. The van der Waals surface area contributed by atoms with Crippen LogP contribution in [0, 0.1) is 12.3 Å². The monoisotopic (exact) mass is 367 g/mol. The number of benzene rings is 1. The summed E-state index contributed by atoms with van der Waals surface area (Å²) in [5.74, 6) is -0.686. The summed E-state index contributed by atoms with van der Waals surface area (Å²) in [5, 5.41) is 17.9. The number of nitrogens with one attached hydrogen (secondary N) is 1. The van der Waals surface area contributed by atoms with Crippen molar-refractivity contribution in [3.05, 3.63) is 40.1 Å². The van der Waals surface area contributed by atoms with Gasteiger partial charge in [0.05, 0.1) is 12.2 Å². The van der Waals surface area contributed by atoms with E-state index in [1.807, 2.05) is 6.92 Å². The normalized spacial score (nSPS) is 11.5. The smallest absolute Gasteiger partial charge is 0.306 e. The van der Waals surface area contributed by atoms with Crippen molar-refractivity contribution in [1.29, 1.82) is 5.41 Å². The van der Waals surface area contributed by atoms with Gasteiger partial charge < -0.3 is 20.0 Å². The number of ketones is 1. The van der Waals surface area contributed by atoms with E-state index in [-0.39, 0.29) is 17.7 Å². The van der Waals surface area contributed by atoms with Gasteiger partial charge in [-0.15, -0.1) is 0 Å². The van der Waals surface area contributed by atoms with Crippen molar-refractivity contribution in [2.75, 3.05) is 13.2 Å². The van der Waals surface area contributed by atoms with E-state index < -0.39 is 24.1 Å². The van der Waals surface area contributed by atoms with Crippen LogP contribution in [0.1, 0.15) is 32.3 Å². The minimum atomic E-state index is -0.520. The van der Waals surface area contributed by atoms with Gasteiger partial charge in [0.15, 0.2) is 5.78 Å². The van der Waals surface area contributed by atoms with E-state index >= 15 is 0 Å². The number of aliphatic hydroxyl groups is 1. The number of aryl methyl sites for hydroxylation is 1. The van der Waals surface area contributed by atoms with Crippen LogP contribution < -0.4 is 4.74 Å². The second-order valence-electron chi connectivity index (χ2n) is 5.53. The first-order valence-corrected chi connectivity index (χ1v) is 8.13. The summed E-state index contributed by atoms with van der Waals surface area (Å²) in [6, 6.07) is 5.28. The third-order valence-corrected chi connectivity index (χ3v) is 3.54. The number of carbonyl (C=O) groups excluding carboxylic acids is 2. The molecule has 1 aromatic rings. The van der Waals surface area contributed by atoms with Crippen LogP contribution >= 0.6 is 11.6 Å². The first-order chi connectivity index (χ1) is 11.7. The van der Waals surface area contributed by atoms with E-state index in [4.69, 9.17) is 26.5 Å². The van der Waals surface area contributed by atoms with Gasteiger partial charge in [0, 0.05) is 17.2 Å². The van der Waals surface area contributed by atoms with E-state index in [0.717, 1.165) is 5.56 Å². The molecule has 0 fully saturated rings. The number of ether oxygens (including phenoxy) is 2. The SMILES string of the molecule is CC(=N)C(C(C)=O)=C(O)COC(=O)CCCOc1ccc(Cl)cc1C. The zero-order valence-corrected chi connectivity index (χ0v) is 15.3. The maximum atomic E-state index is 11.7. The Bertz CT molecular complexity index is 681. The largest absolute Gasteiger partial charge is 0.508 e. The van der Waals surface area contributed by atoms with Gasteiger partial charge in [-0.25, -0.2) is 0 Å². The molecule has 0 spiro atoms. The molecule has 0 atom stereocenters. The number of aliphatic hydroxyl groups excluding tert-OH is 1. The Labute approximate surface area is 151 Å². The van der Waals surface area contributed by atoms with Gasteiger partial charge in [0.1, 0.15) is 18.1 Å². The molecular formula is C18H22ClNO5. The fourth-order valence-electron chi connectivity index (χ4n) is 2.15. The molecule has 0 heterocycles. The molecule has 0 amide bonds. The Kier molecular flexibility index (Phi) is 8.15. The highest BCUT2D eigenvalue weighted by atomic mass is 35.5. The Hall–Kier alpha value is -2.34. The third kappa shape index (κ3) is 6.97. The molecule has 6 nitrogen and oxygen atoms in total. The Morgan fingerprint density at radius 3 is 2.52 bits per heavy atom. The standard InChI is InChI=1S/C18H22ClNO5/c1-11-9-14(19)6-7-16(11)24-8-4-5-17(23)25-10-15(22)18(12(2)20)13(3)21/h6-7,9,20,22H,4-5,8,10H2,1-3H3. The zero-order valence-electron chi connectivity index (χ0n) is 14.5. The van der Waals surface area contributed by atoms with Gasteiger partial charge in [0.2, 0.25) is 0 Å². The number of allylic oxidation sites excluding steroid dienone is 1. The lowest BCUT2D eigenvalue weighted by atomic mass is 10.1. The molecule has 1 rings (SSSR count). The van der Waals surface area contributed by atoms with E-state index in [2.05, 4.69) is 0 Å². The third-order valence-electron chi connectivity index (χ3n) is 3.31. The maximum Gasteiger partial charge on any atom is 0.306 e. The first-order valence-electron chi connectivity index (χ1n) is 7.75. The highest BCUT2D eigenvalue weighted by molar-refractivity contribution is 6.30. The minimum Gasteiger partial charge on any atom is -0.508 e. The molecular weight excluding hydrogens is 346 g/mol. The van der Waals surface area contributed by atoms with Gasteiger partial charge in [0.25, 0.3) is 0 Å². The van der Waals surface area contributed by atoms with Crippen LogP contribution in [-0.2, 0) is 14.3 Å². The summed E-state index contributed by atoms with van der Waals surface area (Å²) in [5.41, 5.74) is 0.700. The van der Waals surface area contributed by atoms with Crippen LogP contribution in [-0.4, -0.2) is 35.8 Å². The number of hydrogen-bond donors (Lipinski definition) is 2. The van der Waals surface area contributed by atoms with Gasteiger partial charge in [-0.1, -0.05) is 11.6 Å². The van der Waals surface area contributed by atoms with Gasteiger partial charge in [-0.3, -0.25) is 9.59 Å². The molecule has 0 aliphatic heterocycles. The van der Waals surface area contributed by atoms with E-state index in [9.17, 15) is 14.7 Å². The molecule has 25 heavy (non-hydrogen) atoms. The summed E-state index contributed by atoms with van der Waals surface area (Å²) in [4.78, 5) is 23.0. The molecule has 136 valence electrons. The summed E-state index contributed by atoms with van der Waals surface area (Å²) in [6.07, 6.45) is 0.549. The van der Waals surface area contributed by atoms with Crippen molar-refractivity contribution in [2.45, 2.75) is 33.6 Å². The van der Waals surface area contributed by atoms with E-state index in [1.165, 1.54) is 13.8 Å². The van der Waals surface area contributed by atoms with Crippen molar-refractivity contribution in [1.82, 2.24) is 0 Å². The number of rotatable bonds is 9. The number of halogens is 1. The van der Waals surface area contributed by atoms with Crippen LogP contribution in [0.3, 0.4) is 0 Å². The fourth-order valence-corrected chi connectivity index (χ4v) is 2.38. The Balaban J connectivity index is 2.39. The average molecular weight is 368 g/mol. The maximum absolute atomic E-state index is 11.7. The van der Waals surface area contributed by atoms with E-state index in [0.29, 0.717) is 23.8 Å². The molecule has 0 aliphatic carbocycles. The lowest BCUT2D eigenvalue weighted by molar-refractivity contribution is -0.143. The number of Topliss-reactive ketones (excluding diaryl/α,β-unsaturated/α-hetero) is 1. The minimum absolute atomic E-state index is 0.0761. The lowest BCUT2D eigenvalue weighted by Gasteiger charge is -2.10. The van der Waals surface area contributed by atoms with Crippen LogP contribution in [0.2, 0.25) is 5.02 Å². The van der Waals surface area contributed by atoms with Crippen molar-refractivity contribution >= 4 is 29.1 Å². The summed E-state index contributed by atoms with van der Waals surface area (Å²) in [6.45, 7) is 4.40. The molecule has 7 heteroatoms. The van der Waals surface area contributed by atoms with Crippen molar-refractivity contribution in [3.63, 3.8) is 0 Å². The summed E-state index contributed by atoms with van der Waals surface area (Å²) >= 11 is 5.87. The molecule has 0 bridgehead atoms. The Morgan fingerprint density at radius 2 is 1.96 bits per heavy atom. The second kappa shape index (κ2) is 9.84. The van der Waals surface area contributed by atoms with Gasteiger partial charge in [-0.05, 0) is 51.0 Å². The zero-order chi connectivity index (χ0) is 19.0. The lowest BCUT2D eigenvalue weighted by Crippen LogP contribution is -2.15. The van der Waals surface area contributed by atoms with Gasteiger partial charge in [-0.2, -0.15) is 0 Å². The molecule has 2 N–H and O–H groups in total. The molecule has 1 aromatic carbocycles. The Morgan fingerprint density at radius 1 is 1.28 bits per heavy atom. The predicted molar refractivity (Wildman–Crippen MR) is 95.6 cm³/mol. The highest BCUT2D eigenvalue weighted by Gasteiger charge is 2.15. The highest BCUT2D eigenvalue weighted by Crippen LogP contribution is 2.21. The number of carbonyl (C=O) groups is 2. The first kappa shape index (κ1) is 20.7. The van der Waals surface area contributed by atoms with Gasteiger partial charge >= 0.3 is 5.97 Å². The second-order valence-corrected chi connectivity index (χ2v) is 5.96. The van der Waals surface area contributed by atoms with Crippen molar-refractivity contribution < 1.29 is 24.2 Å². The average Bonchev–Trinajstić information content (AvgIpc) is 2.50. The molecule has 0 saturated carbocycles. The van der Waals surface area contributed by atoms with Crippen LogP contribution in [0.4, 0.5) is 0 Å². The summed E-state index contributed by atoms with van der Waals surface area (Å²) in [7, 11) is 0. The van der Waals surface area contributed by atoms with E-state index in [1.54, 1.807) is 18.2 Å². The molecule has 0 saturated heterocycles. The molecule has 0 aliphatic rings. The quantitative estimate of drug-likeness (QED) is 0.227. The van der Waals surface area contributed by atoms with Crippen LogP contribution in [0.5, 0.6) is 5.75 Å².